The van der Waals surface area contributed by atoms with Crippen molar-refractivity contribution in [3.05, 3.63) is 12.2 Å². The van der Waals surface area contributed by atoms with E-state index in [1.807, 2.05) is 6.29 Å². The first-order chi connectivity index (χ1) is 9.91. The lowest BCUT2D eigenvalue weighted by atomic mass is 10.0. The molecule has 0 N–H and O–H groups in total. The fourth-order valence-corrected chi connectivity index (χ4v) is 2.45. The molecule has 0 aromatic rings. The van der Waals surface area contributed by atoms with E-state index in [0.717, 1.165) is 6.42 Å². The first kappa shape index (κ1) is 19.4. The Morgan fingerprint density at radius 2 is 1.10 bits per heavy atom. The van der Waals surface area contributed by atoms with Gasteiger partial charge in [-0.2, -0.15) is 0 Å². The van der Waals surface area contributed by atoms with Crippen molar-refractivity contribution in [1.82, 2.24) is 0 Å². The van der Waals surface area contributed by atoms with E-state index in [9.17, 15) is 4.79 Å². The van der Waals surface area contributed by atoms with E-state index in [-0.39, 0.29) is 0 Å². The Morgan fingerprint density at radius 1 is 0.650 bits per heavy atom. The third-order valence-electron chi connectivity index (χ3n) is 3.77. The van der Waals surface area contributed by atoms with Crippen LogP contribution in [0.1, 0.15) is 103 Å². The molecule has 0 aliphatic carbocycles. The second-order valence-electron chi connectivity index (χ2n) is 5.83. The normalized spacial score (nSPS) is 11.2. The van der Waals surface area contributed by atoms with Crippen LogP contribution in [0.3, 0.4) is 0 Å². The molecular weight excluding hydrogens is 244 g/mol. The summed E-state index contributed by atoms with van der Waals surface area (Å²) in [5.41, 5.74) is 0. The van der Waals surface area contributed by atoms with Crippen molar-refractivity contribution in [2.75, 3.05) is 0 Å². The van der Waals surface area contributed by atoms with E-state index < -0.39 is 0 Å². The smallest absolute Gasteiger partial charge is 0.198 e. The van der Waals surface area contributed by atoms with E-state index in [4.69, 9.17) is 0 Å². The Morgan fingerprint density at radius 3 is 1.60 bits per heavy atom. The molecule has 0 amide bonds. The molecule has 0 spiro atoms. The molecule has 0 fully saturated rings. The molecule has 0 aliphatic rings. The van der Waals surface area contributed by atoms with Crippen LogP contribution >= 0.6 is 0 Å². The van der Waals surface area contributed by atoms with Gasteiger partial charge in [0.2, 0.25) is 0 Å². The van der Waals surface area contributed by atoms with E-state index in [1.165, 1.54) is 83.5 Å². The van der Waals surface area contributed by atoms with Crippen LogP contribution < -0.4 is 0 Å². The van der Waals surface area contributed by atoms with Gasteiger partial charge in [0, 0.05) is 6.42 Å². The van der Waals surface area contributed by atoms with Gasteiger partial charge in [-0.15, -0.1) is 0 Å². The summed E-state index contributed by atoms with van der Waals surface area (Å²) >= 11 is 0. The van der Waals surface area contributed by atoms with Gasteiger partial charge in [-0.1, -0.05) is 83.3 Å². The van der Waals surface area contributed by atoms with Gasteiger partial charge < -0.3 is 0 Å². The van der Waals surface area contributed by atoms with Crippen LogP contribution in [-0.4, -0.2) is 6.29 Å². The lowest BCUT2D eigenvalue weighted by Gasteiger charge is -2.02. The van der Waals surface area contributed by atoms with Crippen LogP contribution in [0.15, 0.2) is 12.2 Å². The van der Waals surface area contributed by atoms with Crippen LogP contribution in [0.25, 0.3) is 0 Å². The maximum atomic E-state index is 10.0. The Kier molecular flexibility index (Phi) is 17.9. The first-order valence-electron chi connectivity index (χ1n) is 8.91. The largest absolute Gasteiger partial charge is 0.291 e. The highest BCUT2D eigenvalue weighted by molar-refractivity contribution is 5.50. The number of carbonyl (C=O) groups excluding carboxylic acids is 1. The zero-order chi connectivity index (χ0) is 14.7. The molecule has 0 bridgehead atoms. The summed E-state index contributed by atoms with van der Waals surface area (Å²) in [6.45, 7) is 2.23. The van der Waals surface area contributed by atoms with Crippen molar-refractivity contribution in [3.63, 3.8) is 0 Å². The molecule has 0 aromatic heterocycles. The molecule has 0 heterocycles. The molecule has 1 nitrogen and oxygen atoms in total. The minimum absolute atomic E-state index is 0.633. The van der Waals surface area contributed by atoms with Crippen LogP contribution in [0.4, 0.5) is 0 Å². The average Bonchev–Trinajstić information content (AvgIpc) is 2.47. The Labute approximate surface area is 127 Å². The zero-order valence-corrected chi connectivity index (χ0v) is 13.7. The van der Waals surface area contributed by atoms with Gasteiger partial charge in [-0.3, -0.25) is 4.79 Å². The maximum Gasteiger partial charge on any atom is 0.198 e. The SMILES string of the molecule is CCC/C=C/CCCCCCCCCCCCC[C]=O. The minimum atomic E-state index is 0.633. The van der Waals surface area contributed by atoms with Gasteiger partial charge in [0.05, 0.1) is 0 Å². The highest BCUT2D eigenvalue weighted by Crippen LogP contribution is 2.12. The molecule has 0 saturated carbocycles. The minimum Gasteiger partial charge on any atom is -0.291 e. The molecule has 117 valence electrons. The monoisotopic (exact) mass is 279 g/mol. The van der Waals surface area contributed by atoms with Crippen molar-refractivity contribution in [1.29, 1.82) is 0 Å². The van der Waals surface area contributed by atoms with Crippen molar-refractivity contribution in [3.8, 4) is 0 Å². The predicted molar refractivity (Wildman–Crippen MR) is 89.8 cm³/mol. The van der Waals surface area contributed by atoms with Crippen molar-refractivity contribution < 1.29 is 4.79 Å². The summed E-state index contributed by atoms with van der Waals surface area (Å²) in [4.78, 5) is 10.0. The maximum absolute atomic E-state index is 10.0. The van der Waals surface area contributed by atoms with Crippen LogP contribution in [0, 0.1) is 0 Å². The Hall–Kier alpha value is -0.590. The summed E-state index contributed by atoms with van der Waals surface area (Å²) in [5.74, 6) is 0. The van der Waals surface area contributed by atoms with Gasteiger partial charge in [-0.05, 0) is 25.7 Å². The molecule has 0 aliphatic heterocycles. The lowest BCUT2D eigenvalue weighted by molar-refractivity contribution is 0.533. The Balaban J connectivity index is 2.97. The highest BCUT2D eigenvalue weighted by atomic mass is 16.1. The molecule has 0 unspecified atom stereocenters. The lowest BCUT2D eigenvalue weighted by Crippen LogP contribution is -1.83. The molecule has 0 atom stereocenters. The van der Waals surface area contributed by atoms with Gasteiger partial charge in [0.15, 0.2) is 6.29 Å². The van der Waals surface area contributed by atoms with Crippen molar-refractivity contribution >= 4 is 6.29 Å². The topological polar surface area (TPSA) is 17.1 Å². The summed E-state index contributed by atoms with van der Waals surface area (Å²) in [5, 5.41) is 0. The van der Waals surface area contributed by atoms with E-state index >= 15 is 0 Å². The molecule has 0 saturated heterocycles. The number of unbranched alkanes of at least 4 members (excludes halogenated alkanes) is 13. The number of rotatable bonds is 16. The molecule has 0 aromatic carbocycles. The van der Waals surface area contributed by atoms with E-state index in [2.05, 4.69) is 19.1 Å². The fourth-order valence-electron chi connectivity index (χ4n) is 2.45. The molecule has 0 rings (SSSR count). The second kappa shape index (κ2) is 18.4. The average molecular weight is 279 g/mol. The predicted octanol–water partition coefficient (Wildman–Crippen LogP) is 6.52. The molecule has 20 heavy (non-hydrogen) atoms. The first-order valence-corrected chi connectivity index (χ1v) is 8.91. The van der Waals surface area contributed by atoms with Crippen LogP contribution in [-0.2, 0) is 4.79 Å². The number of hydrogen-bond acceptors (Lipinski definition) is 1. The Bertz CT molecular complexity index is 208. The van der Waals surface area contributed by atoms with Crippen molar-refractivity contribution in [2.45, 2.75) is 103 Å². The molecule has 1 radical (unpaired) electrons. The van der Waals surface area contributed by atoms with Gasteiger partial charge in [-0.25, -0.2) is 0 Å². The van der Waals surface area contributed by atoms with Crippen LogP contribution in [0.2, 0.25) is 0 Å². The number of allylic oxidation sites excluding steroid dienone is 2. The summed E-state index contributed by atoms with van der Waals surface area (Å²) in [6, 6.07) is 0. The van der Waals surface area contributed by atoms with E-state index in [0.29, 0.717) is 6.42 Å². The summed E-state index contributed by atoms with van der Waals surface area (Å²) < 4.78 is 0. The van der Waals surface area contributed by atoms with Gasteiger partial charge in [0.1, 0.15) is 0 Å². The summed E-state index contributed by atoms with van der Waals surface area (Å²) in [7, 11) is 0. The summed E-state index contributed by atoms with van der Waals surface area (Å²) in [6.07, 6.45) is 25.7. The quantitative estimate of drug-likeness (QED) is 0.232. The zero-order valence-electron chi connectivity index (χ0n) is 13.7. The third kappa shape index (κ3) is 17.4. The molecular formula is C19H35O. The third-order valence-corrected chi connectivity index (χ3v) is 3.77. The van der Waals surface area contributed by atoms with E-state index in [1.54, 1.807) is 0 Å². The van der Waals surface area contributed by atoms with Crippen LogP contribution in [0.5, 0.6) is 0 Å². The van der Waals surface area contributed by atoms with Gasteiger partial charge >= 0.3 is 0 Å². The number of hydrogen-bond donors (Lipinski definition) is 0. The van der Waals surface area contributed by atoms with Crippen molar-refractivity contribution in [2.24, 2.45) is 0 Å². The van der Waals surface area contributed by atoms with Gasteiger partial charge in [0.25, 0.3) is 0 Å². The standard InChI is InChI=1S/C19H35O/c1-2-3-4-5-6-7-8-9-10-11-12-13-14-15-16-17-18-19-20/h4-5H,2-3,6-18H2,1H3/b5-4+. The highest BCUT2D eigenvalue weighted by Gasteiger charge is 1.93. The fraction of sp³-hybridized carbons (Fsp3) is 0.842. The molecule has 1 heteroatoms. The second-order valence-corrected chi connectivity index (χ2v) is 5.83.